The molecule has 1 fully saturated rings. The maximum Gasteiger partial charge on any atom is 0.323 e. The largest absolute Gasteiger partial charge is 0.493 e. The number of carbonyl (C=O) groups is 1. The van der Waals surface area contributed by atoms with E-state index in [1.807, 2.05) is 36.4 Å². The van der Waals surface area contributed by atoms with E-state index >= 15 is 0 Å². The molecule has 2 aromatic carbocycles. The van der Waals surface area contributed by atoms with Crippen LogP contribution in [0, 0.1) is 0 Å². The number of morpholine rings is 1. The Morgan fingerprint density at radius 2 is 1.66 bits per heavy atom. The standard InChI is InChI=1S/C23H25N5O4/c1-30-20-8-6-18(15-21(20)31-2)25-23(29)24-17-5-3-4-16(14-17)19-7-9-22(27-26-19)28-10-12-32-13-11-28/h3-9,14-15H,10-13H2,1-2H3,(H2,24,25,29). The van der Waals surface area contributed by atoms with Gasteiger partial charge in [0.25, 0.3) is 0 Å². The van der Waals surface area contributed by atoms with Crippen LogP contribution in [0.3, 0.4) is 0 Å². The van der Waals surface area contributed by atoms with Crippen molar-refractivity contribution in [3.8, 4) is 22.8 Å². The summed E-state index contributed by atoms with van der Waals surface area (Å²) < 4.78 is 15.9. The summed E-state index contributed by atoms with van der Waals surface area (Å²) in [6.45, 7) is 3.01. The van der Waals surface area contributed by atoms with Gasteiger partial charge in [-0.05, 0) is 36.4 Å². The highest BCUT2D eigenvalue weighted by atomic mass is 16.5. The van der Waals surface area contributed by atoms with Crippen molar-refractivity contribution in [3.63, 3.8) is 0 Å². The average molecular weight is 435 g/mol. The summed E-state index contributed by atoms with van der Waals surface area (Å²) in [6, 6.07) is 16.1. The summed E-state index contributed by atoms with van der Waals surface area (Å²) in [5, 5.41) is 14.3. The molecule has 0 unspecified atom stereocenters. The summed E-state index contributed by atoms with van der Waals surface area (Å²) in [6.07, 6.45) is 0. The van der Waals surface area contributed by atoms with Gasteiger partial charge >= 0.3 is 6.03 Å². The quantitative estimate of drug-likeness (QED) is 0.610. The SMILES string of the molecule is COc1ccc(NC(=O)Nc2cccc(-c3ccc(N4CCOCC4)nn3)c2)cc1OC. The number of urea groups is 1. The normalized spacial score (nSPS) is 13.4. The number of hydrogen-bond acceptors (Lipinski definition) is 7. The first-order valence-electron chi connectivity index (χ1n) is 10.2. The number of rotatable bonds is 6. The van der Waals surface area contributed by atoms with Crippen LogP contribution in [-0.4, -0.2) is 56.8 Å². The van der Waals surface area contributed by atoms with Gasteiger partial charge in [-0.3, -0.25) is 0 Å². The van der Waals surface area contributed by atoms with E-state index < -0.39 is 0 Å². The third-order valence-corrected chi connectivity index (χ3v) is 5.04. The molecule has 0 aliphatic carbocycles. The van der Waals surface area contributed by atoms with Gasteiger partial charge in [-0.1, -0.05) is 12.1 Å². The summed E-state index contributed by atoms with van der Waals surface area (Å²) in [5.41, 5.74) is 2.81. The third-order valence-electron chi connectivity index (χ3n) is 5.04. The van der Waals surface area contributed by atoms with E-state index in [9.17, 15) is 4.79 Å². The number of amides is 2. The Kier molecular flexibility index (Phi) is 6.66. The van der Waals surface area contributed by atoms with Gasteiger partial charge in [0.05, 0.1) is 33.1 Å². The maximum absolute atomic E-state index is 12.5. The minimum absolute atomic E-state index is 0.372. The lowest BCUT2D eigenvalue weighted by Crippen LogP contribution is -2.36. The Morgan fingerprint density at radius 1 is 0.906 bits per heavy atom. The van der Waals surface area contributed by atoms with Gasteiger partial charge in [-0.15, -0.1) is 10.2 Å². The van der Waals surface area contributed by atoms with Gasteiger partial charge < -0.3 is 29.7 Å². The van der Waals surface area contributed by atoms with Gasteiger partial charge in [-0.2, -0.15) is 0 Å². The van der Waals surface area contributed by atoms with E-state index in [0.29, 0.717) is 36.1 Å². The topological polar surface area (TPSA) is 97.8 Å². The second-order valence-electron chi connectivity index (χ2n) is 7.11. The fraction of sp³-hybridized carbons (Fsp3) is 0.261. The van der Waals surface area contributed by atoms with Crippen LogP contribution in [0.2, 0.25) is 0 Å². The predicted molar refractivity (Wildman–Crippen MR) is 123 cm³/mol. The smallest absolute Gasteiger partial charge is 0.323 e. The van der Waals surface area contributed by atoms with Gasteiger partial charge in [0, 0.05) is 36.1 Å². The van der Waals surface area contributed by atoms with Crippen molar-refractivity contribution in [1.82, 2.24) is 10.2 Å². The number of hydrogen-bond donors (Lipinski definition) is 2. The molecule has 1 aliphatic heterocycles. The minimum atomic E-state index is -0.372. The molecule has 4 rings (SSSR count). The van der Waals surface area contributed by atoms with Crippen LogP contribution < -0.4 is 25.0 Å². The van der Waals surface area contributed by atoms with Crippen LogP contribution in [0.25, 0.3) is 11.3 Å². The third kappa shape index (κ3) is 5.06. The van der Waals surface area contributed by atoms with E-state index in [2.05, 4.69) is 25.7 Å². The zero-order valence-electron chi connectivity index (χ0n) is 18.0. The molecule has 32 heavy (non-hydrogen) atoms. The molecule has 9 heteroatoms. The number of benzene rings is 2. The number of anilines is 3. The van der Waals surface area contributed by atoms with E-state index in [-0.39, 0.29) is 6.03 Å². The Balaban J connectivity index is 1.42. The van der Waals surface area contributed by atoms with Crippen LogP contribution in [0.4, 0.5) is 22.0 Å². The van der Waals surface area contributed by atoms with E-state index in [4.69, 9.17) is 14.2 Å². The molecule has 9 nitrogen and oxygen atoms in total. The van der Waals surface area contributed by atoms with Gasteiger partial charge in [0.2, 0.25) is 0 Å². The van der Waals surface area contributed by atoms with E-state index in [0.717, 1.165) is 30.2 Å². The first-order chi connectivity index (χ1) is 15.7. The second-order valence-corrected chi connectivity index (χ2v) is 7.11. The average Bonchev–Trinajstić information content (AvgIpc) is 2.84. The molecule has 2 amide bonds. The van der Waals surface area contributed by atoms with E-state index in [1.165, 1.54) is 0 Å². The van der Waals surface area contributed by atoms with Crippen molar-refractivity contribution in [3.05, 3.63) is 54.6 Å². The van der Waals surface area contributed by atoms with Crippen molar-refractivity contribution in [2.45, 2.75) is 0 Å². The number of nitrogens with one attached hydrogen (secondary N) is 2. The van der Waals surface area contributed by atoms with Crippen molar-refractivity contribution in [2.75, 3.05) is 56.1 Å². The molecular formula is C23H25N5O4. The Labute approximate surface area is 186 Å². The molecule has 0 spiro atoms. The Bertz CT molecular complexity index is 1070. The fourth-order valence-corrected chi connectivity index (χ4v) is 3.40. The zero-order valence-corrected chi connectivity index (χ0v) is 18.0. The number of ether oxygens (including phenoxy) is 3. The van der Waals surface area contributed by atoms with Crippen molar-refractivity contribution >= 4 is 23.2 Å². The molecule has 3 aromatic rings. The molecule has 0 radical (unpaired) electrons. The number of nitrogens with zero attached hydrogens (tertiary/aromatic N) is 3. The maximum atomic E-state index is 12.5. The molecule has 0 bridgehead atoms. The zero-order chi connectivity index (χ0) is 22.3. The molecule has 2 heterocycles. The molecule has 166 valence electrons. The van der Waals surface area contributed by atoms with Crippen molar-refractivity contribution in [2.24, 2.45) is 0 Å². The van der Waals surface area contributed by atoms with Gasteiger partial charge in [-0.25, -0.2) is 4.79 Å². The highest BCUT2D eigenvalue weighted by Crippen LogP contribution is 2.30. The molecular weight excluding hydrogens is 410 g/mol. The Hall–Kier alpha value is -3.85. The summed E-state index contributed by atoms with van der Waals surface area (Å²) in [7, 11) is 3.11. The fourth-order valence-electron chi connectivity index (χ4n) is 3.40. The second kappa shape index (κ2) is 9.97. The van der Waals surface area contributed by atoms with Crippen LogP contribution in [-0.2, 0) is 4.74 Å². The monoisotopic (exact) mass is 435 g/mol. The Morgan fingerprint density at radius 3 is 2.34 bits per heavy atom. The van der Waals surface area contributed by atoms with E-state index in [1.54, 1.807) is 32.4 Å². The lowest BCUT2D eigenvalue weighted by atomic mass is 10.1. The molecule has 1 aliphatic rings. The highest BCUT2D eigenvalue weighted by molar-refractivity contribution is 6.00. The molecule has 0 saturated carbocycles. The molecule has 1 aromatic heterocycles. The van der Waals surface area contributed by atoms with Crippen LogP contribution in [0.15, 0.2) is 54.6 Å². The molecule has 2 N–H and O–H groups in total. The number of aromatic nitrogens is 2. The predicted octanol–water partition coefficient (Wildman–Crippen LogP) is 3.64. The minimum Gasteiger partial charge on any atom is -0.493 e. The number of carbonyl (C=O) groups excluding carboxylic acids is 1. The first-order valence-corrected chi connectivity index (χ1v) is 10.2. The summed E-state index contributed by atoms with van der Waals surface area (Å²) in [5.74, 6) is 1.96. The molecule has 1 saturated heterocycles. The van der Waals surface area contributed by atoms with Crippen molar-refractivity contribution in [1.29, 1.82) is 0 Å². The lowest BCUT2D eigenvalue weighted by molar-refractivity contribution is 0.122. The first kappa shape index (κ1) is 21.4. The lowest BCUT2D eigenvalue weighted by Gasteiger charge is -2.27. The molecule has 0 atom stereocenters. The van der Waals surface area contributed by atoms with Crippen LogP contribution in [0.1, 0.15) is 0 Å². The van der Waals surface area contributed by atoms with Crippen LogP contribution in [0.5, 0.6) is 11.5 Å². The summed E-state index contributed by atoms with van der Waals surface area (Å²) in [4.78, 5) is 14.6. The van der Waals surface area contributed by atoms with Gasteiger partial charge in [0.15, 0.2) is 17.3 Å². The van der Waals surface area contributed by atoms with Crippen LogP contribution >= 0.6 is 0 Å². The highest BCUT2D eigenvalue weighted by Gasteiger charge is 2.13. The van der Waals surface area contributed by atoms with Crippen molar-refractivity contribution < 1.29 is 19.0 Å². The number of methoxy groups -OCH3 is 2. The van der Waals surface area contributed by atoms with Gasteiger partial charge in [0.1, 0.15) is 0 Å². The summed E-state index contributed by atoms with van der Waals surface area (Å²) >= 11 is 0.